The van der Waals surface area contributed by atoms with Gasteiger partial charge in [0.05, 0.1) is 5.92 Å². The van der Waals surface area contributed by atoms with Crippen molar-refractivity contribution in [2.45, 2.75) is 12.3 Å². The first-order valence-corrected chi connectivity index (χ1v) is 5.77. The summed E-state index contributed by atoms with van der Waals surface area (Å²) in [5, 5.41) is 16.2. The number of phenolic OH excluding ortho intramolecular Hbond substituents is 1. The minimum Gasteiger partial charge on any atom is -0.505 e. The van der Waals surface area contributed by atoms with Gasteiger partial charge in [0.15, 0.2) is 11.6 Å². The van der Waals surface area contributed by atoms with E-state index >= 15 is 0 Å². The topological polar surface area (TPSA) is 71.2 Å². The van der Waals surface area contributed by atoms with Crippen LogP contribution in [0.2, 0.25) is 0 Å². The van der Waals surface area contributed by atoms with Gasteiger partial charge in [-0.05, 0) is 31.2 Å². The van der Waals surface area contributed by atoms with Gasteiger partial charge in [-0.25, -0.2) is 4.39 Å². The summed E-state index contributed by atoms with van der Waals surface area (Å²) in [5.41, 5.74) is 0.492. The number of hydrogen-bond acceptors (Lipinski definition) is 5. The molecule has 94 valence electrons. The van der Waals surface area contributed by atoms with Crippen molar-refractivity contribution in [1.82, 2.24) is 15.5 Å². The highest BCUT2D eigenvalue weighted by Gasteiger charge is 2.23. The van der Waals surface area contributed by atoms with E-state index in [1.54, 1.807) is 6.07 Å². The van der Waals surface area contributed by atoms with Gasteiger partial charge in [-0.3, -0.25) is 0 Å². The lowest BCUT2D eigenvalue weighted by Crippen LogP contribution is -2.08. The molecule has 1 atom stereocenters. The first-order chi connectivity index (χ1) is 8.74. The SMILES string of the molecule is Oc1ccc(-c2noc(C3CCNC3)n2)cc1F. The molecule has 1 saturated heterocycles. The second-order valence-corrected chi connectivity index (χ2v) is 4.31. The zero-order valence-corrected chi connectivity index (χ0v) is 9.56. The second kappa shape index (κ2) is 4.38. The molecule has 0 bridgehead atoms. The van der Waals surface area contributed by atoms with Crippen LogP contribution in [-0.4, -0.2) is 28.3 Å². The normalized spacial score (nSPS) is 19.3. The highest BCUT2D eigenvalue weighted by atomic mass is 19.1. The van der Waals surface area contributed by atoms with Crippen LogP contribution in [0.1, 0.15) is 18.2 Å². The fourth-order valence-electron chi connectivity index (χ4n) is 2.03. The summed E-state index contributed by atoms with van der Waals surface area (Å²) < 4.78 is 18.4. The third-order valence-electron chi connectivity index (χ3n) is 3.06. The average Bonchev–Trinajstić information content (AvgIpc) is 3.01. The Morgan fingerprint density at radius 2 is 2.33 bits per heavy atom. The lowest BCUT2D eigenvalue weighted by atomic mass is 10.1. The Bertz CT molecular complexity index is 564. The molecule has 1 aromatic carbocycles. The van der Waals surface area contributed by atoms with Crippen molar-refractivity contribution in [1.29, 1.82) is 0 Å². The van der Waals surface area contributed by atoms with Crippen molar-refractivity contribution >= 4 is 0 Å². The van der Waals surface area contributed by atoms with Crippen molar-refractivity contribution in [2.24, 2.45) is 0 Å². The summed E-state index contributed by atoms with van der Waals surface area (Å²) in [6, 6.07) is 4.02. The molecule has 1 aliphatic heterocycles. The van der Waals surface area contributed by atoms with Gasteiger partial charge in [0, 0.05) is 12.1 Å². The van der Waals surface area contributed by atoms with Gasteiger partial charge in [-0.2, -0.15) is 4.98 Å². The number of nitrogens with zero attached hydrogens (tertiary/aromatic N) is 2. The fourth-order valence-corrected chi connectivity index (χ4v) is 2.03. The standard InChI is InChI=1S/C12H12FN3O2/c13-9-5-7(1-2-10(9)17)11-15-12(18-16-11)8-3-4-14-6-8/h1-2,5,8,14,17H,3-4,6H2. The Balaban J connectivity index is 1.89. The number of hydrogen-bond donors (Lipinski definition) is 2. The lowest BCUT2D eigenvalue weighted by molar-refractivity contribution is 0.359. The molecule has 0 amide bonds. The molecular weight excluding hydrogens is 237 g/mol. The van der Waals surface area contributed by atoms with Crippen LogP contribution >= 0.6 is 0 Å². The molecule has 18 heavy (non-hydrogen) atoms. The summed E-state index contributed by atoms with van der Waals surface area (Å²) in [7, 11) is 0. The molecule has 0 spiro atoms. The monoisotopic (exact) mass is 249 g/mol. The van der Waals surface area contributed by atoms with E-state index in [1.807, 2.05) is 0 Å². The Morgan fingerprint density at radius 3 is 3.06 bits per heavy atom. The van der Waals surface area contributed by atoms with Crippen LogP contribution in [-0.2, 0) is 0 Å². The molecule has 2 aromatic rings. The first-order valence-electron chi connectivity index (χ1n) is 5.77. The van der Waals surface area contributed by atoms with Crippen LogP contribution in [0.4, 0.5) is 4.39 Å². The van der Waals surface area contributed by atoms with E-state index in [2.05, 4.69) is 15.5 Å². The van der Waals surface area contributed by atoms with Gasteiger partial charge in [-0.1, -0.05) is 5.16 Å². The Hall–Kier alpha value is -1.95. The minimum absolute atomic E-state index is 0.230. The molecule has 2 N–H and O–H groups in total. The van der Waals surface area contributed by atoms with E-state index in [9.17, 15) is 4.39 Å². The van der Waals surface area contributed by atoms with Crippen molar-refractivity contribution in [2.75, 3.05) is 13.1 Å². The van der Waals surface area contributed by atoms with Crippen LogP contribution in [0.15, 0.2) is 22.7 Å². The Labute approximate surface area is 103 Å². The summed E-state index contributed by atoms with van der Waals surface area (Å²) in [4.78, 5) is 4.27. The molecule has 0 aliphatic carbocycles. The third-order valence-corrected chi connectivity index (χ3v) is 3.06. The molecule has 1 aromatic heterocycles. The number of halogens is 1. The van der Waals surface area contributed by atoms with Crippen LogP contribution in [0, 0.1) is 5.82 Å². The molecule has 1 aliphatic rings. The van der Waals surface area contributed by atoms with Gasteiger partial charge >= 0.3 is 0 Å². The summed E-state index contributed by atoms with van der Waals surface area (Å²) >= 11 is 0. The van der Waals surface area contributed by atoms with Gasteiger partial charge in [-0.15, -0.1) is 0 Å². The molecule has 5 nitrogen and oxygen atoms in total. The van der Waals surface area contributed by atoms with Gasteiger partial charge in [0.1, 0.15) is 0 Å². The van der Waals surface area contributed by atoms with Crippen LogP contribution < -0.4 is 5.32 Å². The third kappa shape index (κ3) is 1.95. The van der Waals surface area contributed by atoms with E-state index in [4.69, 9.17) is 9.63 Å². The number of aromatic hydroxyl groups is 1. The first kappa shape index (κ1) is 11.2. The summed E-state index contributed by atoms with van der Waals surface area (Å²) in [6.45, 7) is 1.77. The predicted molar refractivity (Wildman–Crippen MR) is 61.6 cm³/mol. The van der Waals surface area contributed by atoms with E-state index in [-0.39, 0.29) is 11.7 Å². The highest BCUT2D eigenvalue weighted by Crippen LogP contribution is 2.26. The Morgan fingerprint density at radius 1 is 1.44 bits per heavy atom. The molecule has 6 heteroatoms. The zero-order valence-electron chi connectivity index (χ0n) is 9.56. The number of rotatable bonds is 2. The van der Waals surface area contributed by atoms with E-state index in [0.717, 1.165) is 19.5 Å². The number of nitrogens with one attached hydrogen (secondary N) is 1. The summed E-state index contributed by atoms with van der Waals surface area (Å²) in [6.07, 6.45) is 0.964. The van der Waals surface area contributed by atoms with Crippen molar-refractivity contribution in [3.8, 4) is 17.1 Å². The fraction of sp³-hybridized carbons (Fsp3) is 0.333. The van der Waals surface area contributed by atoms with E-state index < -0.39 is 5.82 Å². The van der Waals surface area contributed by atoms with Crippen molar-refractivity contribution in [3.05, 3.63) is 29.9 Å². The van der Waals surface area contributed by atoms with Crippen LogP contribution in [0.5, 0.6) is 5.75 Å². The maximum absolute atomic E-state index is 13.2. The van der Waals surface area contributed by atoms with Gasteiger partial charge in [0.2, 0.25) is 11.7 Å². The maximum atomic E-state index is 13.2. The van der Waals surface area contributed by atoms with Gasteiger partial charge in [0.25, 0.3) is 0 Å². The minimum atomic E-state index is -0.693. The molecule has 2 heterocycles. The lowest BCUT2D eigenvalue weighted by Gasteiger charge is -1.99. The molecule has 1 fully saturated rings. The number of benzene rings is 1. The van der Waals surface area contributed by atoms with Crippen LogP contribution in [0.3, 0.4) is 0 Å². The molecule has 1 unspecified atom stereocenters. The quantitative estimate of drug-likeness (QED) is 0.847. The molecule has 0 saturated carbocycles. The number of phenols is 1. The molecule has 0 radical (unpaired) electrons. The maximum Gasteiger partial charge on any atom is 0.231 e. The van der Waals surface area contributed by atoms with Gasteiger partial charge < -0.3 is 14.9 Å². The number of aromatic nitrogens is 2. The molecular formula is C12H12FN3O2. The largest absolute Gasteiger partial charge is 0.505 e. The smallest absolute Gasteiger partial charge is 0.231 e. The predicted octanol–water partition coefficient (Wildman–Crippen LogP) is 1.66. The second-order valence-electron chi connectivity index (χ2n) is 4.31. The van der Waals surface area contributed by atoms with E-state index in [1.165, 1.54) is 12.1 Å². The van der Waals surface area contributed by atoms with Crippen LogP contribution in [0.25, 0.3) is 11.4 Å². The molecule has 3 rings (SSSR count). The zero-order chi connectivity index (χ0) is 12.5. The average molecular weight is 249 g/mol. The van der Waals surface area contributed by atoms with Crippen molar-refractivity contribution < 1.29 is 14.0 Å². The van der Waals surface area contributed by atoms with Crippen molar-refractivity contribution in [3.63, 3.8) is 0 Å². The van der Waals surface area contributed by atoms with E-state index in [0.29, 0.717) is 17.3 Å². The highest BCUT2D eigenvalue weighted by molar-refractivity contribution is 5.55. The summed E-state index contributed by atoms with van der Waals surface area (Å²) in [5.74, 6) is 0.0661. The Kier molecular flexibility index (Phi) is 2.71.